The summed E-state index contributed by atoms with van der Waals surface area (Å²) >= 11 is 0. The van der Waals surface area contributed by atoms with Gasteiger partial charge in [0.25, 0.3) is 5.91 Å². The van der Waals surface area contributed by atoms with E-state index in [0.717, 1.165) is 5.56 Å². The van der Waals surface area contributed by atoms with Crippen LogP contribution in [0.4, 0.5) is 5.69 Å². The van der Waals surface area contributed by atoms with Crippen LogP contribution >= 0.6 is 0 Å². The average Bonchev–Trinajstić information content (AvgIpc) is 2.57. The zero-order valence-electron chi connectivity index (χ0n) is 13.5. The highest BCUT2D eigenvalue weighted by atomic mass is 16.5. The van der Waals surface area contributed by atoms with Gasteiger partial charge >= 0.3 is 0 Å². The fourth-order valence-electron chi connectivity index (χ4n) is 2.04. The fraction of sp³-hybridized carbons (Fsp3) is 0.158. The average molecular weight is 322 g/mol. The Morgan fingerprint density at radius 1 is 1.29 bits per heavy atom. The zero-order valence-corrected chi connectivity index (χ0v) is 13.5. The highest BCUT2D eigenvalue weighted by Crippen LogP contribution is 2.27. The molecule has 2 N–H and O–H groups in total. The molecule has 0 atom stereocenters. The minimum atomic E-state index is -0.493. The second-order valence-electron chi connectivity index (χ2n) is 5.15. The van der Waals surface area contributed by atoms with E-state index in [4.69, 9.17) is 4.74 Å². The number of aryl methyl sites for hydroxylation is 1. The van der Waals surface area contributed by atoms with E-state index in [0.29, 0.717) is 23.6 Å². The molecule has 0 fully saturated rings. The third kappa shape index (κ3) is 4.37. The Hall–Kier alpha value is -3.26. The lowest BCUT2D eigenvalue weighted by molar-refractivity contribution is -0.112. The predicted molar refractivity (Wildman–Crippen MR) is 92.7 cm³/mol. The van der Waals surface area contributed by atoms with E-state index in [2.05, 4.69) is 5.32 Å². The molecule has 2 rings (SSSR count). The topological polar surface area (TPSA) is 82.3 Å². The maximum atomic E-state index is 12.2. The van der Waals surface area contributed by atoms with Crippen LogP contribution in [0, 0.1) is 18.3 Å². The molecule has 2 aromatic rings. The molecule has 2 aromatic carbocycles. The maximum Gasteiger partial charge on any atom is 0.266 e. The highest BCUT2D eigenvalue weighted by Gasteiger charge is 2.10. The summed E-state index contributed by atoms with van der Waals surface area (Å²) < 4.78 is 5.30. The first-order valence-corrected chi connectivity index (χ1v) is 7.49. The van der Waals surface area contributed by atoms with Crippen LogP contribution in [0.3, 0.4) is 0 Å². The first-order chi connectivity index (χ1) is 11.5. The van der Waals surface area contributed by atoms with Gasteiger partial charge in [-0.25, -0.2) is 0 Å². The van der Waals surface area contributed by atoms with Crippen molar-refractivity contribution in [1.82, 2.24) is 0 Å². The quantitative estimate of drug-likeness (QED) is 0.650. The van der Waals surface area contributed by atoms with Crippen LogP contribution in [-0.2, 0) is 4.79 Å². The standard InChI is InChI=1S/C19H18N2O3/c1-3-24-18-11-14(6-9-17(18)22)10-15(12-20)19(23)21-16-7-4-13(2)5-8-16/h4-11,22H,3H2,1-2H3,(H,21,23)/b15-10-. The summed E-state index contributed by atoms with van der Waals surface area (Å²) in [5.41, 5.74) is 2.25. The number of carbonyl (C=O) groups is 1. The number of rotatable bonds is 5. The zero-order chi connectivity index (χ0) is 17.5. The largest absolute Gasteiger partial charge is 0.504 e. The molecule has 24 heavy (non-hydrogen) atoms. The number of nitrogens with zero attached hydrogens (tertiary/aromatic N) is 1. The molecule has 0 saturated heterocycles. The van der Waals surface area contributed by atoms with Crippen molar-refractivity contribution < 1.29 is 14.6 Å². The van der Waals surface area contributed by atoms with Crippen LogP contribution in [0.25, 0.3) is 6.08 Å². The van der Waals surface area contributed by atoms with E-state index in [9.17, 15) is 15.2 Å². The van der Waals surface area contributed by atoms with Crippen molar-refractivity contribution in [2.75, 3.05) is 11.9 Å². The molecule has 0 saturated carbocycles. The van der Waals surface area contributed by atoms with E-state index < -0.39 is 5.91 Å². The van der Waals surface area contributed by atoms with Gasteiger partial charge in [-0.05, 0) is 49.8 Å². The number of ether oxygens (including phenoxy) is 1. The van der Waals surface area contributed by atoms with Gasteiger partial charge in [0.05, 0.1) is 6.61 Å². The lowest BCUT2D eigenvalue weighted by atomic mass is 10.1. The Morgan fingerprint density at radius 3 is 2.62 bits per heavy atom. The van der Waals surface area contributed by atoms with Gasteiger partial charge in [0.1, 0.15) is 11.6 Å². The summed E-state index contributed by atoms with van der Waals surface area (Å²) in [7, 11) is 0. The number of phenols is 1. The van der Waals surface area contributed by atoms with E-state index in [1.807, 2.05) is 25.1 Å². The van der Waals surface area contributed by atoms with Crippen molar-refractivity contribution in [3.05, 3.63) is 59.2 Å². The van der Waals surface area contributed by atoms with E-state index in [-0.39, 0.29) is 11.3 Å². The van der Waals surface area contributed by atoms with Gasteiger partial charge < -0.3 is 15.2 Å². The van der Waals surface area contributed by atoms with Crippen molar-refractivity contribution in [2.24, 2.45) is 0 Å². The van der Waals surface area contributed by atoms with Gasteiger partial charge in [-0.3, -0.25) is 4.79 Å². The molecule has 5 heteroatoms. The lowest BCUT2D eigenvalue weighted by Crippen LogP contribution is -2.13. The monoisotopic (exact) mass is 322 g/mol. The van der Waals surface area contributed by atoms with Gasteiger partial charge in [-0.15, -0.1) is 0 Å². The summed E-state index contributed by atoms with van der Waals surface area (Å²) in [4.78, 5) is 12.2. The fourth-order valence-corrected chi connectivity index (χ4v) is 2.04. The Balaban J connectivity index is 2.22. The normalized spacial score (nSPS) is 10.8. The Bertz CT molecular complexity index is 802. The van der Waals surface area contributed by atoms with Crippen LogP contribution < -0.4 is 10.1 Å². The number of anilines is 1. The molecule has 122 valence electrons. The third-order valence-electron chi connectivity index (χ3n) is 3.27. The van der Waals surface area contributed by atoms with Crippen molar-refractivity contribution in [2.45, 2.75) is 13.8 Å². The molecule has 0 aliphatic heterocycles. The van der Waals surface area contributed by atoms with Gasteiger partial charge in [0.2, 0.25) is 0 Å². The van der Waals surface area contributed by atoms with Crippen LogP contribution in [-0.4, -0.2) is 17.6 Å². The summed E-state index contributed by atoms with van der Waals surface area (Å²) in [6.45, 7) is 4.16. The molecule has 0 unspecified atom stereocenters. The van der Waals surface area contributed by atoms with Crippen molar-refractivity contribution >= 4 is 17.7 Å². The second kappa shape index (κ2) is 7.84. The Kier molecular flexibility index (Phi) is 5.58. The molecule has 5 nitrogen and oxygen atoms in total. The summed E-state index contributed by atoms with van der Waals surface area (Å²) in [6.07, 6.45) is 1.45. The third-order valence-corrected chi connectivity index (χ3v) is 3.27. The van der Waals surface area contributed by atoms with Crippen LogP contribution in [0.15, 0.2) is 48.0 Å². The lowest BCUT2D eigenvalue weighted by Gasteiger charge is -2.07. The van der Waals surface area contributed by atoms with E-state index in [1.165, 1.54) is 12.1 Å². The summed E-state index contributed by atoms with van der Waals surface area (Å²) in [5.74, 6) is -0.175. The Morgan fingerprint density at radius 2 is 2.00 bits per heavy atom. The minimum Gasteiger partial charge on any atom is -0.504 e. The first kappa shape index (κ1) is 17.1. The molecule has 0 aliphatic carbocycles. The minimum absolute atomic E-state index is 0.0108. The number of carbonyl (C=O) groups excluding carboxylic acids is 1. The smallest absolute Gasteiger partial charge is 0.266 e. The molecular formula is C19H18N2O3. The first-order valence-electron chi connectivity index (χ1n) is 7.49. The Labute approximate surface area is 140 Å². The predicted octanol–water partition coefficient (Wildman–Crippen LogP) is 3.65. The van der Waals surface area contributed by atoms with E-state index in [1.54, 1.807) is 31.2 Å². The van der Waals surface area contributed by atoms with Gasteiger partial charge in [-0.2, -0.15) is 5.26 Å². The number of aromatic hydroxyl groups is 1. The number of nitrogens with one attached hydrogen (secondary N) is 1. The van der Waals surface area contributed by atoms with Crippen molar-refractivity contribution in [1.29, 1.82) is 5.26 Å². The number of phenolic OH excluding ortho intramolecular Hbond substituents is 1. The SMILES string of the molecule is CCOc1cc(/C=C(/C#N)C(=O)Nc2ccc(C)cc2)ccc1O. The second-order valence-corrected chi connectivity index (χ2v) is 5.15. The van der Waals surface area contributed by atoms with Crippen LogP contribution in [0.2, 0.25) is 0 Å². The molecule has 0 spiro atoms. The molecule has 0 aromatic heterocycles. The van der Waals surface area contributed by atoms with Crippen molar-refractivity contribution in [3.63, 3.8) is 0 Å². The van der Waals surface area contributed by atoms with Crippen LogP contribution in [0.1, 0.15) is 18.1 Å². The summed E-state index contributed by atoms with van der Waals surface area (Å²) in [6, 6.07) is 13.8. The number of nitriles is 1. The summed E-state index contributed by atoms with van der Waals surface area (Å²) in [5, 5.41) is 21.6. The van der Waals surface area contributed by atoms with Gasteiger partial charge in [0, 0.05) is 5.69 Å². The highest BCUT2D eigenvalue weighted by molar-refractivity contribution is 6.09. The number of hydrogen-bond acceptors (Lipinski definition) is 4. The molecule has 1 amide bonds. The van der Waals surface area contributed by atoms with Gasteiger partial charge in [0.15, 0.2) is 11.5 Å². The number of benzene rings is 2. The molecular weight excluding hydrogens is 304 g/mol. The molecule has 0 heterocycles. The molecule has 0 aliphatic rings. The van der Waals surface area contributed by atoms with E-state index >= 15 is 0 Å². The number of hydrogen-bond donors (Lipinski definition) is 2. The molecule has 0 radical (unpaired) electrons. The van der Waals surface area contributed by atoms with Crippen LogP contribution in [0.5, 0.6) is 11.5 Å². The maximum absolute atomic E-state index is 12.2. The molecule has 0 bridgehead atoms. The van der Waals surface area contributed by atoms with Gasteiger partial charge in [-0.1, -0.05) is 23.8 Å². The number of amides is 1. The van der Waals surface area contributed by atoms with Crippen molar-refractivity contribution in [3.8, 4) is 17.6 Å².